The van der Waals surface area contributed by atoms with Crippen LogP contribution in [0.1, 0.15) is 49.1 Å². The molecule has 0 nitrogen and oxygen atoms in total. The van der Waals surface area contributed by atoms with Crippen molar-refractivity contribution in [1.82, 2.24) is 0 Å². The van der Waals surface area contributed by atoms with Crippen LogP contribution in [0.2, 0.25) is 5.54 Å². The third-order valence-corrected chi connectivity index (χ3v) is 11.8. The first-order chi connectivity index (χ1) is 13.8. The van der Waals surface area contributed by atoms with E-state index >= 15 is 0 Å². The summed E-state index contributed by atoms with van der Waals surface area (Å²) in [5.74, 6) is 8.51. The minimum atomic E-state index is 0.494. The highest BCUT2D eigenvalue weighted by Gasteiger charge is 2.70. The fourth-order valence-electron chi connectivity index (χ4n) is 9.24. The van der Waals surface area contributed by atoms with Crippen LogP contribution < -0.4 is 0 Å². The van der Waals surface area contributed by atoms with E-state index in [1.807, 2.05) is 5.17 Å². The minimum Gasteiger partial charge on any atom is -0.0808 e. The molecule has 4 aliphatic carbocycles. The number of rotatable bonds is 2. The van der Waals surface area contributed by atoms with Crippen molar-refractivity contribution in [1.29, 1.82) is 0 Å². The highest BCUT2D eigenvalue weighted by atomic mass is 28.2. The molecule has 28 heavy (non-hydrogen) atoms. The van der Waals surface area contributed by atoms with Gasteiger partial charge in [-0.2, -0.15) is 0 Å². The van der Waals surface area contributed by atoms with Crippen LogP contribution in [-0.2, 0) is 0 Å². The number of benzene rings is 2. The van der Waals surface area contributed by atoms with Gasteiger partial charge in [-0.1, -0.05) is 79.2 Å². The monoisotopic (exact) mass is 382 g/mol. The molecule has 2 aromatic rings. The van der Waals surface area contributed by atoms with Gasteiger partial charge in [0, 0.05) is 5.92 Å². The Labute approximate surface area is 171 Å². The molecular formula is C27H30Si. The van der Waals surface area contributed by atoms with E-state index in [0.29, 0.717) is 9.13 Å². The second kappa shape index (κ2) is 5.78. The lowest BCUT2D eigenvalue weighted by atomic mass is 9.32. The van der Waals surface area contributed by atoms with Crippen molar-refractivity contribution < 1.29 is 0 Å². The molecule has 0 N–H and O–H groups in total. The Morgan fingerprint density at radius 2 is 1.32 bits per heavy atom. The van der Waals surface area contributed by atoms with E-state index in [4.69, 9.17) is 0 Å². The van der Waals surface area contributed by atoms with Crippen molar-refractivity contribution in [3.8, 4) is 0 Å². The topological polar surface area (TPSA) is 0 Å². The predicted molar refractivity (Wildman–Crippen MR) is 118 cm³/mol. The largest absolute Gasteiger partial charge is 0.0808 e. The van der Waals surface area contributed by atoms with Gasteiger partial charge in [0.1, 0.15) is 0 Å². The smallest absolute Gasteiger partial charge is 0.00429 e. The molecule has 0 radical (unpaired) electrons. The van der Waals surface area contributed by atoms with Crippen LogP contribution in [0.5, 0.6) is 0 Å². The fraction of sp³-hybridized carbons (Fsp3) is 0.519. The van der Waals surface area contributed by atoms with Crippen molar-refractivity contribution in [2.45, 2.75) is 43.6 Å². The van der Waals surface area contributed by atoms with Gasteiger partial charge in [0.2, 0.25) is 0 Å². The number of hydrogen-bond acceptors (Lipinski definition) is 0. The van der Waals surface area contributed by atoms with E-state index < -0.39 is 0 Å². The maximum Gasteiger partial charge on any atom is 0.00429 e. The first kappa shape index (κ1) is 16.3. The average Bonchev–Trinajstić information content (AvgIpc) is 3.11. The van der Waals surface area contributed by atoms with E-state index in [1.165, 1.54) is 12.8 Å². The third-order valence-electron chi connectivity index (χ3n) is 9.69. The van der Waals surface area contributed by atoms with E-state index in [2.05, 4.69) is 67.6 Å². The maximum absolute atomic E-state index is 2.64. The predicted octanol–water partition coefficient (Wildman–Crippen LogP) is 5.52. The van der Waals surface area contributed by atoms with Gasteiger partial charge in [0.05, 0.1) is 0 Å². The van der Waals surface area contributed by atoms with Crippen molar-refractivity contribution in [2.75, 3.05) is 0 Å². The van der Waals surface area contributed by atoms with Crippen LogP contribution in [0.15, 0.2) is 60.7 Å². The van der Waals surface area contributed by atoms with Crippen molar-refractivity contribution in [2.24, 2.45) is 41.4 Å². The SMILES string of the molecule is CC1[SiH]=C2C(c3ccccc3)C3C4CCCC5C1C2C(c1ccccc1)C3C54. The van der Waals surface area contributed by atoms with Gasteiger partial charge >= 0.3 is 0 Å². The molecular weight excluding hydrogens is 352 g/mol. The van der Waals surface area contributed by atoms with Gasteiger partial charge in [-0.15, -0.1) is 0 Å². The van der Waals surface area contributed by atoms with Crippen molar-refractivity contribution >= 4 is 14.3 Å². The second-order valence-corrected chi connectivity index (χ2v) is 12.5. The van der Waals surface area contributed by atoms with Crippen LogP contribution in [-0.4, -0.2) is 14.3 Å². The number of fused-ring (bicyclic) bond motifs is 2. The highest BCUT2D eigenvalue weighted by molar-refractivity contribution is 6.59. The Balaban J connectivity index is 1.45. The molecule has 0 aromatic heterocycles. The van der Waals surface area contributed by atoms with Gasteiger partial charge in [-0.25, -0.2) is 0 Å². The molecule has 1 heteroatoms. The zero-order chi connectivity index (χ0) is 18.4. The molecule has 142 valence electrons. The van der Waals surface area contributed by atoms with Gasteiger partial charge in [-0.05, 0) is 86.0 Å². The van der Waals surface area contributed by atoms with Crippen molar-refractivity contribution in [3.05, 3.63) is 71.8 Å². The Kier molecular flexibility index (Phi) is 3.37. The second-order valence-electron chi connectivity index (χ2n) is 10.4. The molecule has 1 aliphatic heterocycles. The van der Waals surface area contributed by atoms with Crippen molar-refractivity contribution in [3.63, 3.8) is 0 Å². The van der Waals surface area contributed by atoms with E-state index in [-0.39, 0.29) is 0 Å². The lowest BCUT2D eigenvalue weighted by molar-refractivity contribution is -0.172. The molecule has 10 atom stereocenters. The van der Waals surface area contributed by atoms with E-state index in [9.17, 15) is 0 Å². The van der Waals surface area contributed by atoms with Gasteiger partial charge in [0.25, 0.3) is 0 Å². The molecule has 0 saturated heterocycles. The lowest BCUT2D eigenvalue weighted by Crippen LogP contribution is -2.67. The fourth-order valence-corrected chi connectivity index (χ4v) is 11.9. The molecule has 0 spiro atoms. The summed E-state index contributed by atoms with van der Waals surface area (Å²) < 4.78 is 0. The van der Waals surface area contributed by atoms with E-state index in [0.717, 1.165) is 58.8 Å². The lowest BCUT2D eigenvalue weighted by Gasteiger charge is -2.72. The van der Waals surface area contributed by atoms with Crippen LogP contribution in [0.4, 0.5) is 0 Å². The summed E-state index contributed by atoms with van der Waals surface area (Å²) in [6.07, 6.45) is 4.56. The van der Waals surface area contributed by atoms with Crippen LogP contribution in [0.3, 0.4) is 0 Å². The first-order valence-corrected chi connectivity index (χ1v) is 12.9. The van der Waals surface area contributed by atoms with Crippen LogP contribution in [0.25, 0.3) is 0 Å². The Morgan fingerprint density at radius 3 is 2.04 bits per heavy atom. The summed E-state index contributed by atoms with van der Waals surface area (Å²) in [6.45, 7) is 2.64. The van der Waals surface area contributed by atoms with Gasteiger partial charge in [-0.3, -0.25) is 0 Å². The zero-order valence-electron chi connectivity index (χ0n) is 16.7. The molecule has 4 fully saturated rings. The molecule has 7 rings (SSSR count). The zero-order valence-corrected chi connectivity index (χ0v) is 17.9. The highest BCUT2D eigenvalue weighted by Crippen LogP contribution is 2.75. The average molecular weight is 383 g/mol. The Morgan fingerprint density at radius 1 is 0.679 bits per heavy atom. The summed E-state index contributed by atoms with van der Waals surface area (Å²) in [5, 5.41) is 2.05. The number of hydrogen-bond donors (Lipinski definition) is 0. The molecule has 0 amide bonds. The summed E-state index contributed by atoms with van der Waals surface area (Å²) in [5.41, 5.74) is 4.31. The first-order valence-electron chi connectivity index (χ1n) is 11.7. The molecule has 4 saturated carbocycles. The quantitative estimate of drug-likeness (QED) is 0.600. The third kappa shape index (κ3) is 1.90. The summed E-state index contributed by atoms with van der Waals surface area (Å²) in [7, 11) is 0.494. The van der Waals surface area contributed by atoms with Crippen LogP contribution >= 0.6 is 0 Å². The molecule has 5 aliphatic rings. The Bertz CT molecular complexity index is 931. The normalized spacial score (nSPS) is 47.2. The van der Waals surface area contributed by atoms with E-state index in [1.54, 1.807) is 17.5 Å². The molecule has 2 aromatic carbocycles. The minimum absolute atomic E-state index is 0.494. The standard InChI is InChI=1S/C27H30Si/c1-15-20-18-13-8-14-19-23(18)25-21(16-9-4-2-5-10-16)26(20)27(28-15)22(24(19)25)17-11-6-3-7-12-17/h2-7,9-12,15,18-26,28H,8,13-14H2,1H3. The Hall–Kier alpha value is -1.47. The summed E-state index contributed by atoms with van der Waals surface area (Å²) in [6, 6.07) is 23.4. The summed E-state index contributed by atoms with van der Waals surface area (Å²) in [4.78, 5) is 0. The van der Waals surface area contributed by atoms with Crippen LogP contribution in [0, 0.1) is 41.4 Å². The molecule has 2 bridgehead atoms. The molecule has 10 unspecified atom stereocenters. The maximum atomic E-state index is 2.64. The summed E-state index contributed by atoms with van der Waals surface area (Å²) >= 11 is 0. The van der Waals surface area contributed by atoms with Gasteiger partial charge in [0.15, 0.2) is 0 Å². The van der Waals surface area contributed by atoms with Gasteiger partial charge < -0.3 is 0 Å². The molecule has 1 heterocycles.